The van der Waals surface area contributed by atoms with Gasteiger partial charge < -0.3 is 19.7 Å². The summed E-state index contributed by atoms with van der Waals surface area (Å²) in [5, 5.41) is 2.91. The summed E-state index contributed by atoms with van der Waals surface area (Å²) in [4.78, 5) is 29.5. The fourth-order valence-corrected chi connectivity index (χ4v) is 2.55. The van der Waals surface area contributed by atoms with Gasteiger partial charge in [-0.05, 0) is 45.7 Å². The summed E-state index contributed by atoms with van der Waals surface area (Å²) in [5.41, 5.74) is 0.763. The number of piperidine rings is 1. The summed E-state index contributed by atoms with van der Waals surface area (Å²) < 4.78 is 9.92. The highest BCUT2D eigenvalue weighted by Gasteiger charge is 2.24. The SMILES string of the molecule is COC(=O)c1ccc(N2CCC(NC(=O)OC(C)(C)C)CC2)cn1. The molecule has 0 bridgehead atoms. The maximum atomic E-state index is 11.8. The minimum Gasteiger partial charge on any atom is -0.464 e. The van der Waals surface area contributed by atoms with Gasteiger partial charge in [0.1, 0.15) is 11.3 Å². The van der Waals surface area contributed by atoms with Crippen LogP contribution in [0.2, 0.25) is 0 Å². The lowest BCUT2D eigenvalue weighted by atomic mass is 10.0. The Morgan fingerprint density at radius 1 is 1.25 bits per heavy atom. The molecule has 1 saturated heterocycles. The number of pyridine rings is 1. The number of carbonyl (C=O) groups excluding carboxylic acids is 2. The third-order valence-electron chi connectivity index (χ3n) is 3.72. The Morgan fingerprint density at radius 3 is 2.42 bits per heavy atom. The Kier molecular flexibility index (Phi) is 5.64. The minimum absolute atomic E-state index is 0.110. The fraction of sp³-hybridized carbons (Fsp3) is 0.588. The van der Waals surface area contributed by atoms with Gasteiger partial charge in [0.05, 0.1) is 19.0 Å². The molecule has 1 N–H and O–H groups in total. The molecule has 7 nitrogen and oxygen atoms in total. The highest BCUT2D eigenvalue weighted by Crippen LogP contribution is 2.20. The molecule has 24 heavy (non-hydrogen) atoms. The lowest BCUT2D eigenvalue weighted by Crippen LogP contribution is -2.46. The highest BCUT2D eigenvalue weighted by atomic mass is 16.6. The molecule has 0 radical (unpaired) electrons. The van der Waals surface area contributed by atoms with E-state index >= 15 is 0 Å². The number of nitrogens with zero attached hydrogens (tertiary/aromatic N) is 2. The smallest absolute Gasteiger partial charge is 0.407 e. The first-order valence-electron chi connectivity index (χ1n) is 8.07. The van der Waals surface area contributed by atoms with Gasteiger partial charge in [0.15, 0.2) is 0 Å². The standard InChI is InChI=1S/C17H25N3O4/c1-17(2,3)24-16(22)19-12-7-9-20(10-8-12)13-5-6-14(18-11-13)15(21)23-4/h5-6,11-12H,7-10H2,1-4H3,(H,19,22). The minimum atomic E-state index is -0.488. The van der Waals surface area contributed by atoms with Gasteiger partial charge in [0.25, 0.3) is 0 Å². The lowest BCUT2D eigenvalue weighted by molar-refractivity contribution is 0.0496. The van der Waals surface area contributed by atoms with Crippen LogP contribution in [-0.4, -0.2) is 48.9 Å². The van der Waals surface area contributed by atoms with Gasteiger partial charge in [-0.3, -0.25) is 0 Å². The molecule has 1 fully saturated rings. The van der Waals surface area contributed by atoms with Crippen LogP contribution in [0, 0.1) is 0 Å². The van der Waals surface area contributed by atoms with Gasteiger partial charge in [-0.15, -0.1) is 0 Å². The van der Waals surface area contributed by atoms with E-state index in [0.717, 1.165) is 31.6 Å². The number of anilines is 1. The van der Waals surface area contributed by atoms with Gasteiger partial charge in [-0.1, -0.05) is 0 Å². The number of amides is 1. The van der Waals surface area contributed by atoms with Crippen LogP contribution in [0.4, 0.5) is 10.5 Å². The average molecular weight is 335 g/mol. The Morgan fingerprint density at radius 2 is 1.92 bits per heavy atom. The molecule has 1 aliphatic rings. The maximum absolute atomic E-state index is 11.8. The molecule has 1 aromatic heterocycles. The third kappa shape index (κ3) is 5.11. The Bertz CT molecular complexity index is 572. The molecule has 1 aliphatic heterocycles. The van der Waals surface area contributed by atoms with E-state index < -0.39 is 11.6 Å². The number of hydrogen-bond donors (Lipinski definition) is 1. The van der Waals surface area contributed by atoms with E-state index in [0.29, 0.717) is 5.69 Å². The van der Waals surface area contributed by atoms with Crippen LogP contribution in [-0.2, 0) is 9.47 Å². The van der Waals surface area contributed by atoms with Crippen molar-refractivity contribution in [3.8, 4) is 0 Å². The highest BCUT2D eigenvalue weighted by molar-refractivity contribution is 5.87. The molecule has 2 heterocycles. The number of alkyl carbamates (subject to hydrolysis) is 1. The predicted octanol–water partition coefficient (Wildman–Crippen LogP) is 2.36. The number of rotatable bonds is 3. The third-order valence-corrected chi connectivity index (χ3v) is 3.72. The van der Waals surface area contributed by atoms with Crippen molar-refractivity contribution in [2.75, 3.05) is 25.1 Å². The topological polar surface area (TPSA) is 80.8 Å². The second kappa shape index (κ2) is 7.51. The largest absolute Gasteiger partial charge is 0.464 e. The maximum Gasteiger partial charge on any atom is 0.407 e. The van der Waals surface area contributed by atoms with Gasteiger partial charge >= 0.3 is 12.1 Å². The number of carbonyl (C=O) groups is 2. The first-order valence-corrected chi connectivity index (χ1v) is 8.07. The normalized spacial score (nSPS) is 15.8. The van der Waals surface area contributed by atoms with Crippen LogP contribution >= 0.6 is 0 Å². The Balaban J connectivity index is 1.84. The number of aromatic nitrogens is 1. The zero-order valence-corrected chi connectivity index (χ0v) is 14.7. The second-order valence-electron chi connectivity index (χ2n) is 6.80. The molecule has 1 amide bonds. The van der Waals surface area contributed by atoms with Crippen LogP contribution in [0.25, 0.3) is 0 Å². The summed E-state index contributed by atoms with van der Waals surface area (Å²) in [7, 11) is 1.33. The summed E-state index contributed by atoms with van der Waals surface area (Å²) >= 11 is 0. The molecule has 132 valence electrons. The molecule has 0 atom stereocenters. The zero-order valence-electron chi connectivity index (χ0n) is 14.7. The first kappa shape index (κ1) is 18.0. The number of nitrogens with one attached hydrogen (secondary N) is 1. The van der Waals surface area contributed by atoms with Crippen LogP contribution in [0.1, 0.15) is 44.1 Å². The molecule has 0 unspecified atom stereocenters. The van der Waals surface area contributed by atoms with Gasteiger partial charge in [0, 0.05) is 19.1 Å². The van der Waals surface area contributed by atoms with Crippen molar-refractivity contribution in [1.82, 2.24) is 10.3 Å². The van der Waals surface area contributed by atoms with Crippen molar-refractivity contribution >= 4 is 17.7 Å². The molecule has 2 rings (SSSR count). The first-order chi connectivity index (χ1) is 11.3. The van der Waals surface area contributed by atoms with E-state index in [1.807, 2.05) is 26.8 Å². The van der Waals surface area contributed by atoms with Gasteiger partial charge in [-0.25, -0.2) is 14.6 Å². The van der Waals surface area contributed by atoms with E-state index in [1.165, 1.54) is 7.11 Å². The number of esters is 1. The number of hydrogen-bond acceptors (Lipinski definition) is 6. The molecule has 0 saturated carbocycles. The molecular weight excluding hydrogens is 310 g/mol. The van der Waals surface area contributed by atoms with Crippen LogP contribution in [0.15, 0.2) is 18.3 Å². The molecule has 0 aliphatic carbocycles. The van der Waals surface area contributed by atoms with E-state index in [-0.39, 0.29) is 12.1 Å². The van der Waals surface area contributed by atoms with E-state index in [2.05, 4.69) is 19.9 Å². The van der Waals surface area contributed by atoms with Crippen molar-refractivity contribution in [3.05, 3.63) is 24.0 Å². The summed E-state index contributed by atoms with van der Waals surface area (Å²) in [6.45, 7) is 7.15. The van der Waals surface area contributed by atoms with E-state index in [4.69, 9.17) is 4.74 Å². The zero-order chi connectivity index (χ0) is 17.7. The predicted molar refractivity (Wildman–Crippen MR) is 90.2 cm³/mol. The number of methoxy groups -OCH3 is 1. The lowest BCUT2D eigenvalue weighted by Gasteiger charge is -2.34. The number of ether oxygens (including phenoxy) is 2. The van der Waals surface area contributed by atoms with E-state index in [9.17, 15) is 9.59 Å². The monoisotopic (exact) mass is 335 g/mol. The van der Waals surface area contributed by atoms with Crippen LogP contribution in [0.3, 0.4) is 0 Å². The summed E-state index contributed by atoms with van der Waals surface area (Å²) in [5.74, 6) is -0.443. The quantitative estimate of drug-likeness (QED) is 0.854. The van der Waals surface area contributed by atoms with Crippen molar-refractivity contribution in [1.29, 1.82) is 0 Å². The van der Waals surface area contributed by atoms with Gasteiger partial charge in [0.2, 0.25) is 0 Å². The summed E-state index contributed by atoms with van der Waals surface area (Å²) in [6.07, 6.45) is 2.97. The molecule has 1 aromatic rings. The van der Waals surface area contributed by atoms with E-state index in [1.54, 1.807) is 12.3 Å². The Labute approximate surface area is 142 Å². The molecule has 7 heteroatoms. The van der Waals surface area contributed by atoms with Crippen LogP contribution < -0.4 is 10.2 Å². The van der Waals surface area contributed by atoms with Crippen molar-refractivity contribution in [2.45, 2.75) is 45.3 Å². The van der Waals surface area contributed by atoms with Crippen LogP contribution in [0.5, 0.6) is 0 Å². The fourth-order valence-electron chi connectivity index (χ4n) is 2.55. The Hall–Kier alpha value is -2.31. The molecular formula is C17H25N3O4. The molecule has 0 spiro atoms. The van der Waals surface area contributed by atoms with Crippen molar-refractivity contribution < 1.29 is 19.1 Å². The van der Waals surface area contributed by atoms with Crippen molar-refractivity contribution in [2.24, 2.45) is 0 Å². The van der Waals surface area contributed by atoms with Gasteiger partial charge in [-0.2, -0.15) is 0 Å². The second-order valence-corrected chi connectivity index (χ2v) is 6.80. The van der Waals surface area contributed by atoms with Crippen molar-refractivity contribution in [3.63, 3.8) is 0 Å². The average Bonchev–Trinajstić information content (AvgIpc) is 2.53. The summed E-state index contributed by atoms with van der Waals surface area (Å²) in [6, 6.07) is 3.63. The molecule has 0 aromatic carbocycles.